The van der Waals surface area contributed by atoms with Gasteiger partial charge in [-0.05, 0) is 26.2 Å². The van der Waals surface area contributed by atoms with E-state index in [1.165, 1.54) is 18.5 Å². The second kappa shape index (κ2) is 4.87. The van der Waals surface area contributed by atoms with Crippen LogP contribution in [0.15, 0.2) is 6.20 Å². The number of nitrogens with two attached hydrogens (primary N) is 1. The maximum absolute atomic E-state index is 6.04. The summed E-state index contributed by atoms with van der Waals surface area (Å²) < 4.78 is 7.44. The molecule has 16 heavy (non-hydrogen) atoms. The summed E-state index contributed by atoms with van der Waals surface area (Å²) in [5.74, 6) is 1.43. The first kappa shape index (κ1) is 11.5. The van der Waals surface area contributed by atoms with E-state index >= 15 is 0 Å². The molecule has 4 heteroatoms. The summed E-state index contributed by atoms with van der Waals surface area (Å²) in [6.45, 7) is 3.00. The topological polar surface area (TPSA) is 53.1 Å². The lowest BCUT2D eigenvalue weighted by atomic mass is 9.84. The van der Waals surface area contributed by atoms with Crippen LogP contribution in [-0.2, 0) is 6.54 Å². The molecule has 0 saturated heterocycles. The van der Waals surface area contributed by atoms with Gasteiger partial charge in [0.15, 0.2) is 5.75 Å². The Kier molecular flexibility index (Phi) is 3.49. The molecule has 2 N–H and O–H groups in total. The van der Waals surface area contributed by atoms with E-state index in [1.807, 2.05) is 10.9 Å². The van der Waals surface area contributed by atoms with Crippen LogP contribution in [0.25, 0.3) is 0 Å². The van der Waals surface area contributed by atoms with E-state index < -0.39 is 0 Å². The fraction of sp³-hybridized carbons (Fsp3) is 0.750. The molecule has 0 radical (unpaired) electrons. The van der Waals surface area contributed by atoms with Crippen LogP contribution < -0.4 is 10.5 Å². The van der Waals surface area contributed by atoms with Crippen LogP contribution in [0.1, 0.15) is 44.2 Å². The smallest absolute Gasteiger partial charge is 0.160 e. The Morgan fingerprint density at radius 2 is 2.38 bits per heavy atom. The van der Waals surface area contributed by atoms with Crippen molar-refractivity contribution in [1.82, 2.24) is 9.78 Å². The number of methoxy groups -OCH3 is 1. The molecule has 0 aromatic carbocycles. The van der Waals surface area contributed by atoms with Gasteiger partial charge in [0, 0.05) is 18.5 Å². The first-order valence-corrected chi connectivity index (χ1v) is 6.11. The number of nitrogens with zero attached hydrogens (tertiary/aromatic N) is 2. The third-order valence-electron chi connectivity index (χ3n) is 3.47. The molecule has 90 valence electrons. The molecule has 1 aliphatic rings. The van der Waals surface area contributed by atoms with E-state index in [2.05, 4.69) is 12.0 Å². The standard InChI is InChI=1S/C12H21N3O/c1-3-15-12(11(16-2)8-14-15)9-5-4-6-10(13)7-9/h8-10H,3-7,13H2,1-2H3. The summed E-state index contributed by atoms with van der Waals surface area (Å²) in [4.78, 5) is 0. The van der Waals surface area contributed by atoms with Gasteiger partial charge in [-0.2, -0.15) is 5.10 Å². The molecule has 1 aromatic heterocycles. The van der Waals surface area contributed by atoms with Crippen molar-refractivity contribution in [2.75, 3.05) is 7.11 Å². The summed E-state index contributed by atoms with van der Waals surface area (Å²) in [6, 6.07) is 0.337. The average Bonchev–Trinajstić information content (AvgIpc) is 2.71. The van der Waals surface area contributed by atoms with Crippen LogP contribution in [0, 0.1) is 0 Å². The van der Waals surface area contributed by atoms with Crippen LogP contribution in [0.2, 0.25) is 0 Å². The molecule has 4 nitrogen and oxygen atoms in total. The van der Waals surface area contributed by atoms with Crippen molar-refractivity contribution in [2.24, 2.45) is 5.73 Å². The maximum atomic E-state index is 6.04. The fourth-order valence-corrected chi connectivity index (χ4v) is 2.67. The molecule has 0 spiro atoms. The van der Waals surface area contributed by atoms with E-state index in [0.717, 1.165) is 25.1 Å². The van der Waals surface area contributed by atoms with E-state index in [1.54, 1.807) is 7.11 Å². The fourth-order valence-electron chi connectivity index (χ4n) is 2.67. The Bertz CT molecular complexity index is 327. The second-order valence-electron chi connectivity index (χ2n) is 4.54. The van der Waals surface area contributed by atoms with E-state index in [9.17, 15) is 0 Å². The van der Waals surface area contributed by atoms with Gasteiger partial charge >= 0.3 is 0 Å². The van der Waals surface area contributed by atoms with Gasteiger partial charge in [-0.15, -0.1) is 0 Å². The Labute approximate surface area is 96.8 Å². The van der Waals surface area contributed by atoms with Crippen molar-refractivity contribution in [3.05, 3.63) is 11.9 Å². The number of aryl methyl sites for hydroxylation is 1. The third-order valence-corrected chi connectivity index (χ3v) is 3.47. The highest BCUT2D eigenvalue weighted by molar-refractivity contribution is 5.29. The van der Waals surface area contributed by atoms with Crippen LogP contribution >= 0.6 is 0 Å². The van der Waals surface area contributed by atoms with Gasteiger partial charge in [0.05, 0.1) is 19.0 Å². The van der Waals surface area contributed by atoms with Crippen molar-refractivity contribution in [1.29, 1.82) is 0 Å². The molecule has 0 aliphatic heterocycles. The van der Waals surface area contributed by atoms with Gasteiger partial charge in [0.1, 0.15) is 0 Å². The van der Waals surface area contributed by atoms with E-state index in [0.29, 0.717) is 12.0 Å². The minimum atomic E-state index is 0.337. The number of rotatable bonds is 3. The quantitative estimate of drug-likeness (QED) is 0.851. The summed E-state index contributed by atoms with van der Waals surface area (Å²) in [6.07, 6.45) is 6.44. The van der Waals surface area contributed by atoms with Crippen molar-refractivity contribution >= 4 is 0 Å². The van der Waals surface area contributed by atoms with Gasteiger partial charge in [-0.25, -0.2) is 0 Å². The molecule has 1 aromatic rings. The molecule has 1 heterocycles. The molecule has 2 unspecified atom stereocenters. The first-order valence-electron chi connectivity index (χ1n) is 6.11. The third kappa shape index (κ3) is 2.07. The van der Waals surface area contributed by atoms with Crippen LogP contribution in [0.3, 0.4) is 0 Å². The zero-order valence-corrected chi connectivity index (χ0v) is 10.1. The summed E-state index contributed by atoms with van der Waals surface area (Å²) in [5, 5.41) is 4.36. The van der Waals surface area contributed by atoms with Crippen molar-refractivity contribution in [3.8, 4) is 5.75 Å². The molecule has 0 bridgehead atoms. The molecule has 2 atom stereocenters. The van der Waals surface area contributed by atoms with Crippen molar-refractivity contribution in [3.63, 3.8) is 0 Å². The predicted octanol–water partition coefficient (Wildman–Crippen LogP) is 1.90. The molecule has 1 fully saturated rings. The zero-order chi connectivity index (χ0) is 11.5. The lowest BCUT2D eigenvalue weighted by Gasteiger charge is -2.27. The monoisotopic (exact) mass is 223 g/mol. The first-order chi connectivity index (χ1) is 7.76. The molecule has 1 saturated carbocycles. The average molecular weight is 223 g/mol. The molecule has 1 aliphatic carbocycles. The highest BCUT2D eigenvalue weighted by Gasteiger charge is 2.26. The van der Waals surface area contributed by atoms with E-state index in [-0.39, 0.29) is 0 Å². The molecule has 0 amide bonds. The Morgan fingerprint density at radius 1 is 1.56 bits per heavy atom. The zero-order valence-electron chi connectivity index (χ0n) is 10.1. The van der Waals surface area contributed by atoms with Gasteiger partial charge in [0.2, 0.25) is 0 Å². The van der Waals surface area contributed by atoms with Gasteiger partial charge in [-0.3, -0.25) is 4.68 Å². The normalized spacial score (nSPS) is 25.7. The highest BCUT2D eigenvalue weighted by atomic mass is 16.5. The van der Waals surface area contributed by atoms with Crippen LogP contribution in [-0.4, -0.2) is 22.9 Å². The Morgan fingerprint density at radius 3 is 3.00 bits per heavy atom. The second-order valence-corrected chi connectivity index (χ2v) is 4.54. The van der Waals surface area contributed by atoms with Crippen LogP contribution in [0.4, 0.5) is 0 Å². The number of hydrogen-bond donors (Lipinski definition) is 1. The van der Waals surface area contributed by atoms with Crippen LogP contribution in [0.5, 0.6) is 5.75 Å². The van der Waals surface area contributed by atoms with Crippen molar-refractivity contribution in [2.45, 2.75) is 51.1 Å². The largest absolute Gasteiger partial charge is 0.493 e. The Balaban J connectivity index is 2.26. The predicted molar refractivity (Wildman–Crippen MR) is 63.6 cm³/mol. The molecule has 2 rings (SSSR count). The number of aromatic nitrogens is 2. The minimum Gasteiger partial charge on any atom is -0.493 e. The minimum absolute atomic E-state index is 0.337. The maximum Gasteiger partial charge on any atom is 0.160 e. The number of ether oxygens (including phenoxy) is 1. The van der Waals surface area contributed by atoms with E-state index in [4.69, 9.17) is 10.5 Å². The summed E-state index contributed by atoms with van der Waals surface area (Å²) in [7, 11) is 1.71. The number of hydrogen-bond acceptors (Lipinski definition) is 3. The van der Waals surface area contributed by atoms with Gasteiger partial charge in [0.25, 0.3) is 0 Å². The SMILES string of the molecule is CCn1ncc(OC)c1C1CCCC(N)C1. The molecular formula is C12H21N3O. The van der Waals surface area contributed by atoms with Crippen molar-refractivity contribution < 1.29 is 4.74 Å². The summed E-state index contributed by atoms with van der Waals surface area (Å²) >= 11 is 0. The highest BCUT2D eigenvalue weighted by Crippen LogP contribution is 2.36. The summed E-state index contributed by atoms with van der Waals surface area (Å²) in [5.41, 5.74) is 7.28. The lowest BCUT2D eigenvalue weighted by Crippen LogP contribution is -2.28. The van der Waals surface area contributed by atoms with Gasteiger partial charge < -0.3 is 10.5 Å². The molecular weight excluding hydrogens is 202 g/mol. The van der Waals surface area contributed by atoms with Gasteiger partial charge in [-0.1, -0.05) is 6.42 Å². The lowest BCUT2D eigenvalue weighted by molar-refractivity contribution is 0.353. The Hall–Kier alpha value is -1.03.